The van der Waals surface area contributed by atoms with E-state index in [1.807, 2.05) is 25.2 Å². The lowest BCUT2D eigenvalue weighted by molar-refractivity contribution is -0.125. The number of halogens is 2. The van der Waals surface area contributed by atoms with Crippen LogP contribution in [0.15, 0.2) is 28.7 Å². The van der Waals surface area contributed by atoms with Crippen LogP contribution in [0.3, 0.4) is 0 Å². The normalized spacial score (nSPS) is 11.6. The Labute approximate surface area is 136 Å². The van der Waals surface area contributed by atoms with E-state index in [9.17, 15) is 4.79 Å². The van der Waals surface area contributed by atoms with Gasteiger partial charge in [0.25, 0.3) is 0 Å². The number of hydrogen-bond acceptors (Lipinski definition) is 2. The zero-order chi connectivity index (χ0) is 14.1. The van der Waals surface area contributed by atoms with Crippen LogP contribution < -0.4 is 10.6 Å². The summed E-state index contributed by atoms with van der Waals surface area (Å²) in [4.78, 5) is 12.1. The van der Waals surface area contributed by atoms with Crippen LogP contribution in [-0.4, -0.2) is 26.0 Å². The molecule has 0 aromatic heterocycles. The van der Waals surface area contributed by atoms with Crippen LogP contribution in [0.4, 0.5) is 0 Å². The van der Waals surface area contributed by atoms with Crippen molar-refractivity contribution in [3.63, 3.8) is 0 Å². The fourth-order valence-electron chi connectivity index (χ4n) is 1.97. The summed E-state index contributed by atoms with van der Waals surface area (Å²) in [5.41, 5.74) is 1.19. The van der Waals surface area contributed by atoms with Crippen molar-refractivity contribution in [1.29, 1.82) is 0 Å². The minimum atomic E-state index is 0. The molecule has 0 aliphatic carbocycles. The molecule has 0 bridgehead atoms. The third kappa shape index (κ3) is 6.73. The van der Waals surface area contributed by atoms with Crippen LogP contribution in [0.1, 0.15) is 25.3 Å². The maximum atomic E-state index is 12.1. The number of carbonyl (C=O) groups is 1. The van der Waals surface area contributed by atoms with E-state index < -0.39 is 0 Å². The second kappa shape index (κ2) is 11.1. The van der Waals surface area contributed by atoms with Gasteiger partial charge >= 0.3 is 0 Å². The van der Waals surface area contributed by atoms with E-state index in [1.165, 1.54) is 5.56 Å². The number of rotatable bonds is 8. The van der Waals surface area contributed by atoms with Gasteiger partial charge in [0.15, 0.2) is 0 Å². The molecule has 1 unspecified atom stereocenters. The molecule has 0 fully saturated rings. The molecular weight excluding hydrogens is 340 g/mol. The summed E-state index contributed by atoms with van der Waals surface area (Å²) in [6.07, 6.45) is 2.61. The summed E-state index contributed by atoms with van der Waals surface area (Å²) in [6.45, 7) is 3.74. The average Bonchev–Trinajstić information content (AvgIpc) is 2.42. The molecule has 1 aromatic carbocycles. The van der Waals surface area contributed by atoms with Gasteiger partial charge in [-0.1, -0.05) is 41.1 Å². The number of benzene rings is 1. The zero-order valence-corrected chi connectivity index (χ0v) is 14.5. The van der Waals surface area contributed by atoms with E-state index in [0.29, 0.717) is 0 Å². The Morgan fingerprint density at radius 2 is 2.00 bits per heavy atom. The summed E-state index contributed by atoms with van der Waals surface area (Å²) in [5, 5.41) is 6.09. The van der Waals surface area contributed by atoms with Crippen molar-refractivity contribution in [3.8, 4) is 0 Å². The van der Waals surface area contributed by atoms with Gasteiger partial charge in [-0.3, -0.25) is 4.79 Å². The van der Waals surface area contributed by atoms with Crippen molar-refractivity contribution < 1.29 is 4.79 Å². The monoisotopic (exact) mass is 362 g/mol. The predicted molar refractivity (Wildman–Crippen MR) is 90.4 cm³/mol. The maximum absolute atomic E-state index is 12.1. The molecule has 1 atom stereocenters. The van der Waals surface area contributed by atoms with Crippen LogP contribution >= 0.6 is 28.3 Å². The van der Waals surface area contributed by atoms with Crippen LogP contribution in [-0.2, 0) is 11.2 Å². The summed E-state index contributed by atoms with van der Waals surface area (Å²) < 4.78 is 1.08. The highest BCUT2D eigenvalue weighted by Crippen LogP contribution is 2.21. The Morgan fingerprint density at radius 1 is 1.30 bits per heavy atom. The fourth-order valence-corrected chi connectivity index (χ4v) is 2.42. The Balaban J connectivity index is 0.00000361. The molecule has 0 heterocycles. The molecule has 0 saturated carbocycles. The minimum Gasteiger partial charge on any atom is -0.356 e. The van der Waals surface area contributed by atoms with Gasteiger partial charge < -0.3 is 10.6 Å². The molecule has 3 nitrogen and oxygen atoms in total. The van der Waals surface area contributed by atoms with Gasteiger partial charge in [0.1, 0.15) is 0 Å². The number of carbonyl (C=O) groups excluding carboxylic acids is 1. The highest BCUT2D eigenvalue weighted by atomic mass is 79.9. The van der Waals surface area contributed by atoms with Crippen molar-refractivity contribution in [2.45, 2.75) is 26.2 Å². The van der Waals surface area contributed by atoms with Gasteiger partial charge in [0.05, 0.1) is 0 Å². The summed E-state index contributed by atoms with van der Waals surface area (Å²) in [7, 11) is 1.92. The average molecular weight is 364 g/mol. The van der Waals surface area contributed by atoms with Crippen molar-refractivity contribution >= 4 is 34.2 Å². The third-order valence-electron chi connectivity index (χ3n) is 3.19. The molecule has 1 rings (SSSR count). The Morgan fingerprint density at radius 3 is 2.60 bits per heavy atom. The van der Waals surface area contributed by atoms with E-state index in [1.54, 1.807) is 0 Å². The van der Waals surface area contributed by atoms with E-state index in [2.05, 4.69) is 39.6 Å². The van der Waals surface area contributed by atoms with Gasteiger partial charge in [0.2, 0.25) is 5.91 Å². The predicted octanol–water partition coefficient (Wildman–Crippen LogP) is 3.17. The summed E-state index contributed by atoms with van der Waals surface area (Å²) >= 11 is 3.54. The molecule has 0 spiro atoms. The van der Waals surface area contributed by atoms with Gasteiger partial charge in [0, 0.05) is 16.9 Å². The van der Waals surface area contributed by atoms with Gasteiger partial charge in [-0.2, -0.15) is 0 Å². The largest absolute Gasteiger partial charge is 0.356 e. The van der Waals surface area contributed by atoms with Crippen molar-refractivity contribution in [2.75, 3.05) is 20.1 Å². The zero-order valence-electron chi connectivity index (χ0n) is 12.1. The van der Waals surface area contributed by atoms with Gasteiger partial charge in [-0.25, -0.2) is 0 Å². The lowest BCUT2D eigenvalue weighted by Gasteiger charge is -2.16. The quantitative estimate of drug-likeness (QED) is 0.697. The molecule has 0 saturated heterocycles. The SMILES string of the molecule is CCC(Cc1ccccc1Br)C(=O)NCCCNC.Cl. The molecule has 0 radical (unpaired) electrons. The topological polar surface area (TPSA) is 41.1 Å². The van der Waals surface area contributed by atoms with Gasteiger partial charge in [-0.05, 0) is 44.5 Å². The van der Waals surface area contributed by atoms with Crippen molar-refractivity contribution in [2.24, 2.45) is 5.92 Å². The molecule has 1 amide bonds. The molecule has 2 N–H and O–H groups in total. The van der Waals surface area contributed by atoms with E-state index >= 15 is 0 Å². The highest BCUT2D eigenvalue weighted by Gasteiger charge is 2.17. The minimum absolute atomic E-state index is 0. The lowest BCUT2D eigenvalue weighted by atomic mass is 9.96. The van der Waals surface area contributed by atoms with Gasteiger partial charge in [-0.15, -0.1) is 12.4 Å². The first-order chi connectivity index (χ1) is 9.19. The number of nitrogens with one attached hydrogen (secondary N) is 2. The van der Waals surface area contributed by atoms with Crippen molar-refractivity contribution in [1.82, 2.24) is 10.6 Å². The van der Waals surface area contributed by atoms with E-state index in [4.69, 9.17) is 0 Å². The Bertz CT molecular complexity index is 401. The molecule has 114 valence electrons. The standard InChI is InChI=1S/C15H23BrN2O.ClH/c1-3-12(15(19)18-10-6-9-17-2)11-13-7-4-5-8-14(13)16;/h4-5,7-8,12,17H,3,6,9-11H2,1-2H3,(H,18,19);1H. The summed E-state index contributed by atoms with van der Waals surface area (Å²) in [6, 6.07) is 8.10. The van der Waals surface area contributed by atoms with Crippen LogP contribution in [0, 0.1) is 5.92 Å². The Hall–Kier alpha value is -0.580. The van der Waals surface area contributed by atoms with Crippen LogP contribution in [0.2, 0.25) is 0 Å². The molecular formula is C15H24BrClN2O. The van der Waals surface area contributed by atoms with Crippen molar-refractivity contribution in [3.05, 3.63) is 34.3 Å². The smallest absolute Gasteiger partial charge is 0.223 e. The molecule has 5 heteroatoms. The molecule has 20 heavy (non-hydrogen) atoms. The first-order valence-electron chi connectivity index (χ1n) is 6.84. The second-order valence-corrected chi connectivity index (χ2v) is 5.50. The van der Waals surface area contributed by atoms with E-state index in [-0.39, 0.29) is 24.2 Å². The van der Waals surface area contributed by atoms with Crippen LogP contribution in [0.5, 0.6) is 0 Å². The fraction of sp³-hybridized carbons (Fsp3) is 0.533. The summed E-state index contributed by atoms with van der Waals surface area (Å²) in [5.74, 6) is 0.211. The van der Waals surface area contributed by atoms with E-state index in [0.717, 1.165) is 36.8 Å². The molecule has 0 aliphatic rings. The Kier molecular flexibility index (Phi) is 10.8. The maximum Gasteiger partial charge on any atom is 0.223 e. The third-order valence-corrected chi connectivity index (χ3v) is 3.96. The number of amides is 1. The lowest BCUT2D eigenvalue weighted by Crippen LogP contribution is -2.33. The molecule has 0 aliphatic heterocycles. The highest BCUT2D eigenvalue weighted by molar-refractivity contribution is 9.10. The number of hydrogen-bond donors (Lipinski definition) is 2. The first-order valence-corrected chi connectivity index (χ1v) is 7.64. The second-order valence-electron chi connectivity index (χ2n) is 4.65. The molecule has 1 aromatic rings. The first kappa shape index (κ1) is 19.4. The van der Waals surface area contributed by atoms with Crippen LogP contribution in [0.25, 0.3) is 0 Å².